The van der Waals surface area contributed by atoms with Crippen molar-refractivity contribution in [3.8, 4) is 11.5 Å². The smallest absolute Gasteiger partial charge is 0.252 e. The highest BCUT2D eigenvalue weighted by Gasteiger charge is 2.24. The number of hydrogen-bond donors (Lipinski definition) is 1. The third-order valence-corrected chi connectivity index (χ3v) is 2.78. The first-order valence-corrected chi connectivity index (χ1v) is 6.12. The summed E-state index contributed by atoms with van der Waals surface area (Å²) in [5, 5.41) is 5.31. The van der Waals surface area contributed by atoms with Crippen molar-refractivity contribution in [3.63, 3.8) is 0 Å². The van der Waals surface area contributed by atoms with Gasteiger partial charge in [-0.25, -0.2) is 0 Å². The molecule has 2 aromatic carbocycles. The van der Waals surface area contributed by atoms with Gasteiger partial charge in [0.15, 0.2) is 6.04 Å². The summed E-state index contributed by atoms with van der Waals surface area (Å²) in [5.74, 6) is 0.595. The lowest BCUT2D eigenvalue weighted by Crippen LogP contribution is -2.24. The fourth-order valence-corrected chi connectivity index (χ4v) is 1.80. The molecular weight excluding hydrogens is 256 g/mol. The molecule has 1 unspecified atom stereocenters. The number of hydrogen-bond acceptors (Lipinski definition) is 4. The molecule has 0 radical (unpaired) electrons. The molecule has 0 saturated heterocycles. The van der Waals surface area contributed by atoms with E-state index in [1.807, 2.05) is 18.2 Å². The molecule has 2 aromatic rings. The second-order valence-electron chi connectivity index (χ2n) is 4.08. The van der Waals surface area contributed by atoms with Crippen LogP contribution in [0.1, 0.15) is 11.6 Å². The van der Waals surface area contributed by atoms with E-state index in [9.17, 15) is 9.70 Å². The molecule has 20 heavy (non-hydrogen) atoms. The van der Waals surface area contributed by atoms with Crippen LogP contribution in [0.5, 0.6) is 11.5 Å². The second-order valence-corrected chi connectivity index (χ2v) is 4.08. The highest BCUT2D eigenvalue weighted by Crippen LogP contribution is 2.31. The quantitative estimate of drug-likeness (QED) is 0.849. The lowest BCUT2D eigenvalue weighted by molar-refractivity contribution is -0.121. The number of nitrogens with zero attached hydrogens (tertiary/aromatic N) is 1. The number of ether oxygens (including phenoxy) is 1. The van der Waals surface area contributed by atoms with Gasteiger partial charge < -0.3 is 10.1 Å². The van der Waals surface area contributed by atoms with Crippen molar-refractivity contribution in [3.05, 3.63) is 65.1 Å². The van der Waals surface area contributed by atoms with E-state index in [0.29, 0.717) is 17.1 Å². The van der Waals surface area contributed by atoms with Crippen LogP contribution in [-0.4, -0.2) is 13.0 Å². The number of rotatable bonds is 5. The number of benzene rings is 2. The Hall–Kier alpha value is -2.69. The van der Waals surface area contributed by atoms with Crippen LogP contribution in [0.3, 0.4) is 0 Å². The molecule has 0 aliphatic carbocycles. The van der Waals surface area contributed by atoms with Gasteiger partial charge in [0.1, 0.15) is 11.5 Å². The second kappa shape index (κ2) is 6.47. The largest absolute Gasteiger partial charge is 0.457 e. The van der Waals surface area contributed by atoms with E-state index >= 15 is 0 Å². The lowest BCUT2D eigenvalue weighted by Gasteiger charge is -2.14. The first kappa shape index (κ1) is 13.7. The van der Waals surface area contributed by atoms with Gasteiger partial charge in [-0.15, -0.1) is 4.91 Å². The summed E-state index contributed by atoms with van der Waals surface area (Å²) in [6.45, 7) is 0. The molecule has 0 fully saturated rings. The number of nitroso groups, excluding NO2 is 1. The molecule has 0 bridgehead atoms. The minimum absolute atomic E-state index is 0.436. The Morgan fingerprint density at radius 1 is 1.10 bits per heavy atom. The number of likely N-dealkylation sites (N-methyl/N-ethyl adjacent to an activating group) is 1. The Labute approximate surface area is 116 Å². The fraction of sp³-hybridized carbons (Fsp3) is 0.133. The highest BCUT2D eigenvalue weighted by molar-refractivity contribution is 5.83. The van der Waals surface area contributed by atoms with Gasteiger partial charge in [0.2, 0.25) is 0 Å². The normalized spacial score (nSPS) is 11.4. The fourth-order valence-electron chi connectivity index (χ4n) is 1.80. The number of carbonyl (C=O) groups is 1. The Bertz CT molecular complexity index is 599. The summed E-state index contributed by atoms with van der Waals surface area (Å²) < 4.78 is 5.71. The average molecular weight is 270 g/mol. The molecule has 0 heterocycles. The molecular formula is C15H14N2O3. The number of carbonyl (C=O) groups excluding carboxylic acids is 1. The van der Waals surface area contributed by atoms with Crippen LogP contribution >= 0.6 is 0 Å². The van der Waals surface area contributed by atoms with Gasteiger partial charge in [0.25, 0.3) is 5.91 Å². The molecule has 1 atom stereocenters. The first-order valence-electron chi connectivity index (χ1n) is 6.12. The Balaban J connectivity index is 2.35. The number of amides is 1. The Kier molecular flexibility index (Phi) is 4.44. The van der Waals surface area contributed by atoms with Crippen LogP contribution in [0.25, 0.3) is 0 Å². The molecule has 0 aliphatic heterocycles. The molecule has 102 valence electrons. The van der Waals surface area contributed by atoms with Crippen molar-refractivity contribution in [1.29, 1.82) is 0 Å². The maximum atomic E-state index is 11.7. The predicted octanol–water partition coefficient (Wildman–Crippen LogP) is 3.03. The molecule has 0 aliphatic rings. The monoisotopic (exact) mass is 270 g/mol. The molecule has 1 amide bonds. The molecule has 5 heteroatoms. The highest BCUT2D eigenvalue weighted by atomic mass is 16.5. The predicted molar refractivity (Wildman–Crippen MR) is 75.6 cm³/mol. The summed E-state index contributed by atoms with van der Waals surface area (Å²) in [6, 6.07) is 14.9. The zero-order valence-corrected chi connectivity index (χ0v) is 10.9. The van der Waals surface area contributed by atoms with Crippen molar-refractivity contribution in [1.82, 2.24) is 5.32 Å². The van der Waals surface area contributed by atoms with E-state index in [1.165, 1.54) is 7.05 Å². The SMILES string of the molecule is CNC(=O)C(N=O)c1ccccc1Oc1ccccc1. The topological polar surface area (TPSA) is 67.8 Å². The van der Waals surface area contributed by atoms with E-state index in [2.05, 4.69) is 10.5 Å². The van der Waals surface area contributed by atoms with Crippen LogP contribution in [0, 0.1) is 4.91 Å². The molecule has 0 aromatic heterocycles. The zero-order chi connectivity index (χ0) is 14.4. The van der Waals surface area contributed by atoms with Crippen molar-refractivity contribution >= 4 is 5.91 Å². The minimum Gasteiger partial charge on any atom is -0.457 e. The van der Waals surface area contributed by atoms with Crippen molar-refractivity contribution in [2.75, 3.05) is 7.05 Å². The summed E-state index contributed by atoms with van der Waals surface area (Å²) in [7, 11) is 1.46. The van der Waals surface area contributed by atoms with E-state index in [4.69, 9.17) is 4.74 Å². The lowest BCUT2D eigenvalue weighted by atomic mass is 10.1. The van der Waals surface area contributed by atoms with Gasteiger partial charge >= 0.3 is 0 Å². The molecule has 2 rings (SSSR count). The summed E-state index contributed by atoms with van der Waals surface area (Å²) in [4.78, 5) is 22.6. The van der Waals surface area contributed by atoms with E-state index in [1.54, 1.807) is 36.4 Å². The Morgan fingerprint density at radius 2 is 1.75 bits per heavy atom. The Morgan fingerprint density at radius 3 is 2.40 bits per heavy atom. The zero-order valence-electron chi connectivity index (χ0n) is 10.9. The van der Waals surface area contributed by atoms with Crippen LogP contribution in [0.15, 0.2) is 59.8 Å². The number of nitrogens with one attached hydrogen (secondary N) is 1. The molecule has 1 N–H and O–H groups in total. The van der Waals surface area contributed by atoms with Gasteiger partial charge in [0.05, 0.1) is 0 Å². The molecule has 0 saturated carbocycles. The van der Waals surface area contributed by atoms with Crippen molar-refractivity contribution in [2.24, 2.45) is 5.18 Å². The summed E-state index contributed by atoms with van der Waals surface area (Å²) >= 11 is 0. The minimum atomic E-state index is -1.13. The average Bonchev–Trinajstić information content (AvgIpc) is 2.50. The van der Waals surface area contributed by atoms with Crippen LogP contribution in [-0.2, 0) is 4.79 Å². The molecule has 5 nitrogen and oxygen atoms in total. The van der Waals surface area contributed by atoms with Crippen LogP contribution < -0.4 is 10.1 Å². The van der Waals surface area contributed by atoms with Crippen LogP contribution in [0.2, 0.25) is 0 Å². The standard InChI is InChI=1S/C15H14N2O3/c1-16-15(18)14(17-19)12-9-5-6-10-13(12)20-11-7-3-2-4-8-11/h2-10,14H,1H3,(H,16,18). The van der Waals surface area contributed by atoms with Crippen molar-refractivity contribution < 1.29 is 9.53 Å². The van der Waals surface area contributed by atoms with E-state index < -0.39 is 11.9 Å². The maximum absolute atomic E-state index is 11.7. The molecule has 0 spiro atoms. The van der Waals surface area contributed by atoms with Gasteiger partial charge in [-0.1, -0.05) is 41.6 Å². The summed E-state index contributed by atoms with van der Waals surface area (Å²) in [5.41, 5.74) is 0.436. The van der Waals surface area contributed by atoms with Crippen molar-refractivity contribution in [2.45, 2.75) is 6.04 Å². The summed E-state index contributed by atoms with van der Waals surface area (Å²) in [6.07, 6.45) is 0. The van der Waals surface area contributed by atoms with Crippen LogP contribution in [0.4, 0.5) is 0 Å². The van der Waals surface area contributed by atoms with Gasteiger partial charge in [-0.2, -0.15) is 0 Å². The van der Waals surface area contributed by atoms with Gasteiger partial charge in [-0.05, 0) is 18.2 Å². The first-order chi connectivity index (χ1) is 9.76. The van der Waals surface area contributed by atoms with E-state index in [-0.39, 0.29) is 0 Å². The van der Waals surface area contributed by atoms with Gasteiger partial charge in [0, 0.05) is 12.6 Å². The van der Waals surface area contributed by atoms with Gasteiger partial charge in [-0.3, -0.25) is 4.79 Å². The third-order valence-electron chi connectivity index (χ3n) is 2.78. The third kappa shape index (κ3) is 3.00. The number of para-hydroxylation sites is 2. The van der Waals surface area contributed by atoms with E-state index in [0.717, 1.165) is 0 Å². The maximum Gasteiger partial charge on any atom is 0.252 e.